The molecule has 0 radical (unpaired) electrons. The molecule has 4 rings (SSSR count). The molecule has 1 aliphatic heterocycles. The molecule has 0 spiro atoms. The zero-order chi connectivity index (χ0) is 21.1. The summed E-state index contributed by atoms with van der Waals surface area (Å²) < 4.78 is 5.20. The third-order valence-corrected chi connectivity index (χ3v) is 5.31. The molecular formula is C23H18Cl2N2O3. The lowest BCUT2D eigenvalue weighted by Crippen LogP contribution is -2.25. The summed E-state index contributed by atoms with van der Waals surface area (Å²) in [4.78, 5) is 15.6. The van der Waals surface area contributed by atoms with Crippen molar-refractivity contribution >= 4 is 35.0 Å². The van der Waals surface area contributed by atoms with E-state index in [4.69, 9.17) is 38.0 Å². The summed E-state index contributed by atoms with van der Waals surface area (Å²) in [6.45, 7) is -0.379. The van der Waals surface area contributed by atoms with Crippen LogP contribution in [0.15, 0.2) is 77.8 Å². The molecule has 0 amide bonds. The highest BCUT2D eigenvalue weighted by Gasteiger charge is 2.31. The van der Waals surface area contributed by atoms with Crippen LogP contribution in [-0.2, 0) is 4.79 Å². The fourth-order valence-corrected chi connectivity index (χ4v) is 3.60. The molecule has 0 aliphatic carbocycles. The molecule has 2 N–H and O–H groups in total. The highest BCUT2D eigenvalue weighted by Crippen LogP contribution is 2.37. The van der Waals surface area contributed by atoms with Crippen molar-refractivity contribution in [3.8, 4) is 5.75 Å². The molecule has 7 heteroatoms. The van der Waals surface area contributed by atoms with Gasteiger partial charge in [-0.3, -0.25) is 4.99 Å². The van der Waals surface area contributed by atoms with Crippen molar-refractivity contribution in [3.05, 3.63) is 99.5 Å². The highest BCUT2D eigenvalue weighted by atomic mass is 35.5. The van der Waals surface area contributed by atoms with E-state index in [1.807, 2.05) is 60.7 Å². The topological polar surface area (TPSA) is 70.9 Å². The first-order valence-electron chi connectivity index (χ1n) is 9.30. The van der Waals surface area contributed by atoms with Gasteiger partial charge in [-0.15, -0.1) is 0 Å². The molecule has 0 aromatic heterocycles. The van der Waals surface area contributed by atoms with Crippen LogP contribution >= 0.6 is 23.2 Å². The number of amidine groups is 1. The average Bonchev–Trinajstić information content (AvgIpc) is 3.19. The standard InChI is InChI=1S/C23H18Cl2N2O3/c24-17-7-1-14(2-8-17)21-22(15-3-9-18(25)10-4-15)27-23(26-21)16-5-11-19(12-6-16)30-13-20(28)29/h1-12,21-22H,13H2,(H,26,27)(H,28,29)/t21-,22+. The van der Waals surface area contributed by atoms with Gasteiger partial charge >= 0.3 is 5.97 Å². The lowest BCUT2D eigenvalue weighted by molar-refractivity contribution is -0.139. The van der Waals surface area contributed by atoms with Gasteiger partial charge in [0, 0.05) is 15.6 Å². The Morgan fingerprint density at radius 1 is 0.900 bits per heavy atom. The second kappa shape index (κ2) is 8.78. The lowest BCUT2D eigenvalue weighted by Gasteiger charge is -2.20. The van der Waals surface area contributed by atoms with E-state index in [1.165, 1.54) is 0 Å². The number of carboxylic acid groups (broad SMARTS) is 1. The van der Waals surface area contributed by atoms with E-state index >= 15 is 0 Å². The normalized spacial score (nSPS) is 17.9. The molecular weight excluding hydrogens is 423 g/mol. The molecule has 30 heavy (non-hydrogen) atoms. The smallest absolute Gasteiger partial charge is 0.341 e. The van der Waals surface area contributed by atoms with Gasteiger partial charge in [-0.05, 0) is 59.7 Å². The van der Waals surface area contributed by atoms with E-state index in [2.05, 4.69) is 5.32 Å². The summed E-state index contributed by atoms with van der Waals surface area (Å²) in [5.41, 5.74) is 3.00. The Balaban J connectivity index is 1.63. The number of carboxylic acids is 1. The van der Waals surface area contributed by atoms with Gasteiger partial charge in [-0.2, -0.15) is 0 Å². The first-order valence-corrected chi connectivity index (χ1v) is 10.1. The number of aliphatic imine (C=N–C) groups is 1. The molecule has 3 aromatic rings. The van der Waals surface area contributed by atoms with Crippen molar-refractivity contribution in [1.29, 1.82) is 0 Å². The van der Waals surface area contributed by atoms with Gasteiger partial charge in [0.05, 0.1) is 6.04 Å². The predicted octanol–water partition coefficient (Wildman–Crippen LogP) is 5.29. The fourth-order valence-electron chi connectivity index (χ4n) is 3.35. The molecule has 0 bridgehead atoms. The molecule has 3 aromatic carbocycles. The van der Waals surface area contributed by atoms with Gasteiger partial charge in [-0.25, -0.2) is 4.79 Å². The number of benzene rings is 3. The summed E-state index contributed by atoms with van der Waals surface area (Å²) >= 11 is 12.1. The van der Waals surface area contributed by atoms with Crippen LogP contribution in [0.4, 0.5) is 0 Å². The van der Waals surface area contributed by atoms with Gasteiger partial charge in [-0.1, -0.05) is 47.5 Å². The molecule has 0 saturated heterocycles. The number of halogens is 2. The second-order valence-electron chi connectivity index (χ2n) is 6.85. The Morgan fingerprint density at radius 3 is 2.03 bits per heavy atom. The number of hydrogen-bond donors (Lipinski definition) is 2. The van der Waals surface area contributed by atoms with Crippen LogP contribution in [0.25, 0.3) is 0 Å². The number of rotatable bonds is 6. The van der Waals surface area contributed by atoms with Crippen molar-refractivity contribution in [3.63, 3.8) is 0 Å². The predicted molar refractivity (Wildman–Crippen MR) is 118 cm³/mol. The monoisotopic (exact) mass is 440 g/mol. The molecule has 2 atom stereocenters. The Labute approximate surface area is 183 Å². The maximum atomic E-state index is 10.7. The zero-order valence-corrected chi connectivity index (χ0v) is 17.3. The molecule has 0 saturated carbocycles. The maximum Gasteiger partial charge on any atom is 0.341 e. The maximum absolute atomic E-state index is 10.7. The Morgan fingerprint density at radius 2 is 1.47 bits per heavy atom. The zero-order valence-electron chi connectivity index (χ0n) is 15.8. The number of nitrogens with zero attached hydrogens (tertiary/aromatic N) is 1. The Hall–Kier alpha value is -3.02. The van der Waals surface area contributed by atoms with Crippen LogP contribution in [0.3, 0.4) is 0 Å². The first kappa shape index (κ1) is 20.3. The Bertz CT molecular complexity index is 1070. The van der Waals surface area contributed by atoms with Gasteiger partial charge in [0.25, 0.3) is 0 Å². The summed E-state index contributed by atoms with van der Waals surface area (Å²) in [6.07, 6.45) is 0. The van der Waals surface area contributed by atoms with E-state index in [0.717, 1.165) is 22.5 Å². The summed E-state index contributed by atoms with van der Waals surface area (Å²) in [5.74, 6) is 0.223. The van der Waals surface area contributed by atoms with Gasteiger partial charge in [0.15, 0.2) is 6.61 Å². The van der Waals surface area contributed by atoms with Crippen molar-refractivity contribution in [2.75, 3.05) is 6.61 Å². The van der Waals surface area contributed by atoms with Crippen LogP contribution in [0.2, 0.25) is 10.0 Å². The van der Waals surface area contributed by atoms with Crippen LogP contribution in [-0.4, -0.2) is 23.5 Å². The second-order valence-corrected chi connectivity index (χ2v) is 7.73. The summed E-state index contributed by atoms with van der Waals surface area (Å²) in [6, 6.07) is 22.4. The third kappa shape index (κ3) is 4.58. The molecule has 1 heterocycles. The minimum absolute atomic E-state index is 0.0682. The van der Waals surface area contributed by atoms with Crippen molar-refractivity contribution in [1.82, 2.24) is 5.32 Å². The van der Waals surface area contributed by atoms with Crippen LogP contribution in [0.1, 0.15) is 28.8 Å². The highest BCUT2D eigenvalue weighted by molar-refractivity contribution is 6.30. The van der Waals surface area contributed by atoms with Gasteiger partial charge in [0.1, 0.15) is 17.6 Å². The fraction of sp³-hybridized carbons (Fsp3) is 0.130. The number of aliphatic carboxylic acids is 1. The molecule has 152 valence electrons. The number of ether oxygens (including phenoxy) is 1. The number of nitrogens with one attached hydrogen (secondary N) is 1. The van der Waals surface area contributed by atoms with E-state index in [1.54, 1.807) is 12.1 Å². The van der Waals surface area contributed by atoms with Crippen LogP contribution < -0.4 is 10.1 Å². The third-order valence-electron chi connectivity index (χ3n) is 4.81. The minimum Gasteiger partial charge on any atom is -0.482 e. The van der Waals surface area contributed by atoms with E-state index in [9.17, 15) is 4.79 Å². The van der Waals surface area contributed by atoms with Crippen LogP contribution in [0.5, 0.6) is 5.75 Å². The molecule has 0 fully saturated rings. The lowest BCUT2D eigenvalue weighted by atomic mass is 9.95. The largest absolute Gasteiger partial charge is 0.482 e. The van der Waals surface area contributed by atoms with Gasteiger partial charge < -0.3 is 15.2 Å². The van der Waals surface area contributed by atoms with Crippen molar-refractivity contribution in [2.45, 2.75) is 12.1 Å². The molecule has 5 nitrogen and oxygen atoms in total. The van der Waals surface area contributed by atoms with Crippen molar-refractivity contribution in [2.24, 2.45) is 4.99 Å². The Kier molecular flexibility index (Phi) is 5.93. The van der Waals surface area contributed by atoms with E-state index in [-0.39, 0.29) is 18.7 Å². The molecule has 1 aliphatic rings. The van der Waals surface area contributed by atoms with Crippen molar-refractivity contribution < 1.29 is 14.6 Å². The van der Waals surface area contributed by atoms with E-state index < -0.39 is 5.97 Å². The minimum atomic E-state index is -1.02. The molecule has 0 unspecified atom stereocenters. The van der Waals surface area contributed by atoms with Crippen LogP contribution in [0, 0.1) is 0 Å². The first-order chi connectivity index (χ1) is 14.5. The number of carbonyl (C=O) groups is 1. The average molecular weight is 441 g/mol. The SMILES string of the molecule is O=C(O)COc1ccc(C2=N[C@H](c3ccc(Cl)cc3)[C@H](c3ccc(Cl)cc3)N2)cc1. The quantitative estimate of drug-likeness (QED) is 0.546. The number of hydrogen-bond acceptors (Lipinski definition) is 4. The summed E-state index contributed by atoms with van der Waals surface area (Å²) in [5, 5.41) is 13.6. The van der Waals surface area contributed by atoms with Gasteiger partial charge in [0.2, 0.25) is 0 Å². The summed E-state index contributed by atoms with van der Waals surface area (Å²) in [7, 11) is 0. The van der Waals surface area contributed by atoms with E-state index in [0.29, 0.717) is 15.8 Å².